The van der Waals surface area contributed by atoms with E-state index in [1.807, 2.05) is 0 Å². The molecule has 0 amide bonds. The predicted molar refractivity (Wildman–Crippen MR) is 94.8 cm³/mol. The van der Waals surface area contributed by atoms with Crippen LogP contribution < -0.4 is 5.32 Å². The average molecular weight is 362 g/mol. The largest absolute Gasteiger partial charge is 0.461 e. The van der Waals surface area contributed by atoms with Crippen molar-refractivity contribution in [3.8, 4) is 0 Å². The van der Waals surface area contributed by atoms with E-state index in [-0.39, 0.29) is 5.82 Å². The molecule has 1 atom stereocenters. The van der Waals surface area contributed by atoms with Gasteiger partial charge in [-0.25, -0.2) is 13.9 Å². The molecule has 2 aromatic rings. The smallest absolute Gasteiger partial charge is 0.338 e. The molecule has 0 spiro atoms. The minimum atomic E-state index is -0.509. The molecule has 8 heteroatoms. The van der Waals surface area contributed by atoms with Gasteiger partial charge in [-0.05, 0) is 30.4 Å². The Morgan fingerprint density at radius 1 is 1.40 bits per heavy atom. The van der Waals surface area contributed by atoms with Gasteiger partial charge in [0.1, 0.15) is 24.8 Å². The first kappa shape index (κ1) is 17.5. The molecule has 1 aromatic carbocycles. The second kappa shape index (κ2) is 7.69. The molecule has 0 bridgehead atoms. The Bertz CT molecular complexity index is 788. The van der Waals surface area contributed by atoms with E-state index in [2.05, 4.69) is 22.3 Å². The molecule has 1 aromatic heterocycles. The number of rotatable bonds is 6. The van der Waals surface area contributed by atoms with E-state index in [4.69, 9.17) is 4.74 Å². The van der Waals surface area contributed by atoms with E-state index in [0.29, 0.717) is 23.8 Å². The van der Waals surface area contributed by atoms with Gasteiger partial charge in [0.05, 0.1) is 5.57 Å². The summed E-state index contributed by atoms with van der Waals surface area (Å²) in [5, 5.41) is 7.29. The van der Waals surface area contributed by atoms with Crippen LogP contribution in [0, 0.1) is 5.82 Å². The number of esters is 1. The van der Waals surface area contributed by atoms with Crippen LogP contribution in [0.5, 0.6) is 0 Å². The van der Waals surface area contributed by atoms with Crippen LogP contribution in [0.2, 0.25) is 0 Å². The number of nitrogens with one attached hydrogen (secondary N) is 1. The van der Waals surface area contributed by atoms with Crippen LogP contribution in [-0.2, 0) is 9.53 Å². The lowest BCUT2D eigenvalue weighted by molar-refractivity contribution is -0.138. The third-order valence-corrected chi connectivity index (χ3v) is 4.73. The molecule has 1 N–H and O–H groups in total. The third-order valence-electron chi connectivity index (χ3n) is 3.86. The SMILES string of the molecule is CCSCCOC(=O)C1=C(C)Nc2ncnn2[C@@H]1c1ccc(F)cc1. The Labute approximate surface area is 149 Å². The minimum absolute atomic E-state index is 0.335. The average Bonchev–Trinajstić information content (AvgIpc) is 3.06. The van der Waals surface area contributed by atoms with E-state index in [9.17, 15) is 9.18 Å². The van der Waals surface area contributed by atoms with Gasteiger partial charge < -0.3 is 10.1 Å². The number of aromatic nitrogens is 3. The normalized spacial score (nSPS) is 16.4. The van der Waals surface area contributed by atoms with Crippen molar-refractivity contribution in [3.05, 3.63) is 53.2 Å². The van der Waals surface area contributed by atoms with E-state index < -0.39 is 12.0 Å². The number of ether oxygens (including phenoxy) is 1. The molecule has 2 heterocycles. The Hall–Kier alpha value is -2.35. The quantitative estimate of drug-likeness (QED) is 0.629. The number of nitrogens with zero attached hydrogens (tertiary/aromatic N) is 3. The van der Waals surface area contributed by atoms with Crippen LogP contribution in [-0.4, -0.2) is 38.8 Å². The van der Waals surface area contributed by atoms with Crippen molar-refractivity contribution >= 4 is 23.7 Å². The summed E-state index contributed by atoms with van der Waals surface area (Å²) in [6.07, 6.45) is 1.41. The Morgan fingerprint density at radius 2 is 2.16 bits per heavy atom. The van der Waals surface area contributed by atoms with Crippen molar-refractivity contribution in [2.45, 2.75) is 19.9 Å². The Kier molecular flexibility index (Phi) is 5.37. The highest BCUT2D eigenvalue weighted by molar-refractivity contribution is 7.99. The van der Waals surface area contributed by atoms with Crippen molar-refractivity contribution in [1.82, 2.24) is 14.8 Å². The molecular weight excluding hydrogens is 343 g/mol. The molecule has 3 rings (SSSR count). The van der Waals surface area contributed by atoms with Gasteiger partial charge in [0, 0.05) is 11.4 Å². The summed E-state index contributed by atoms with van der Waals surface area (Å²) >= 11 is 1.71. The summed E-state index contributed by atoms with van der Waals surface area (Å²) in [4.78, 5) is 16.8. The van der Waals surface area contributed by atoms with Crippen LogP contribution in [0.3, 0.4) is 0 Å². The number of benzene rings is 1. The second-order valence-electron chi connectivity index (χ2n) is 5.48. The fraction of sp³-hybridized carbons (Fsp3) is 0.353. The Balaban J connectivity index is 1.92. The molecule has 25 heavy (non-hydrogen) atoms. The molecule has 132 valence electrons. The van der Waals surface area contributed by atoms with Crippen molar-refractivity contribution in [2.24, 2.45) is 0 Å². The van der Waals surface area contributed by atoms with Gasteiger partial charge in [-0.15, -0.1) is 0 Å². The van der Waals surface area contributed by atoms with Crippen LogP contribution >= 0.6 is 11.8 Å². The van der Waals surface area contributed by atoms with Gasteiger partial charge in [0.2, 0.25) is 5.95 Å². The van der Waals surface area contributed by atoms with Gasteiger partial charge >= 0.3 is 5.97 Å². The molecule has 0 aliphatic carbocycles. The van der Waals surface area contributed by atoms with E-state index >= 15 is 0 Å². The van der Waals surface area contributed by atoms with Gasteiger partial charge in [-0.3, -0.25) is 0 Å². The summed E-state index contributed by atoms with van der Waals surface area (Å²) in [5.74, 6) is 1.51. The lowest BCUT2D eigenvalue weighted by Gasteiger charge is -2.28. The summed E-state index contributed by atoms with van der Waals surface area (Å²) in [6, 6.07) is 5.51. The standard InChI is InChI=1S/C17H19FN4O2S/c1-3-25-9-8-24-16(23)14-11(2)21-17-19-10-20-22(17)15(14)12-4-6-13(18)7-5-12/h4-7,10,15H,3,8-9H2,1-2H3,(H,19,20,21)/t15-/m1/s1. The highest BCUT2D eigenvalue weighted by atomic mass is 32.2. The molecular formula is C17H19FN4O2S. The van der Waals surface area contributed by atoms with Crippen molar-refractivity contribution in [1.29, 1.82) is 0 Å². The van der Waals surface area contributed by atoms with Crippen molar-refractivity contribution < 1.29 is 13.9 Å². The zero-order chi connectivity index (χ0) is 17.8. The monoisotopic (exact) mass is 362 g/mol. The molecule has 1 aliphatic rings. The second-order valence-corrected chi connectivity index (χ2v) is 6.87. The topological polar surface area (TPSA) is 69.0 Å². The maximum Gasteiger partial charge on any atom is 0.338 e. The number of hydrogen-bond donors (Lipinski definition) is 1. The molecule has 0 saturated heterocycles. The fourth-order valence-corrected chi connectivity index (χ4v) is 3.21. The van der Waals surface area contributed by atoms with E-state index in [0.717, 1.165) is 17.1 Å². The van der Waals surface area contributed by atoms with Crippen LogP contribution in [0.4, 0.5) is 10.3 Å². The maximum atomic E-state index is 13.3. The predicted octanol–water partition coefficient (Wildman–Crippen LogP) is 3.00. The molecule has 6 nitrogen and oxygen atoms in total. The molecule has 1 aliphatic heterocycles. The minimum Gasteiger partial charge on any atom is -0.461 e. The number of hydrogen-bond acceptors (Lipinski definition) is 6. The van der Waals surface area contributed by atoms with Crippen LogP contribution in [0.1, 0.15) is 25.5 Å². The summed E-state index contributed by atoms with van der Waals surface area (Å²) in [7, 11) is 0. The number of carbonyl (C=O) groups is 1. The highest BCUT2D eigenvalue weighted by Gasteiger charge is 2.34. The van der Waals surface area contributed by atoms with E-state index in [1.165, 1.54) is 18.5 Å². The number of anilines is 1. The van der Waals surface area contributed by atoms with Crippen molar-refractivity contribution in [3.63, 3.8) is 0 Å². The van der Waals surface area contributed by atoms with E-state index in [1.54, 1.807) is 35.5 Å². The van der Waals surface area contributed by atoms with Crippen molar-refractivity contribution in [2.75, 3.05) is 23.4 Å². The van der Waals surface area contributed by atoms with Gasteiger partial charge in [0.25, 0.3) is 0 Å². The molecule has 0 radical (unpaired) electrons. The first-order chi connectivity index (χ1) is 12.1. The Morgan fingerprint density at radius 3 is 2.88 bits per heavy atom. The zero-order valence-corrected chi connectivity index (χ0v) is 14.8. The van der Waals surface area contributed by atoms with Crippen LogP contribution in [0.25, 0.3) is 0 Å². The van der Waals surface area contributed by atoms with Gasteiger partial charge in [0.15, 0.2) is 0 Å². The first-order valence-corrected chi connectivity index (χ1v) is 9.15. The summed E-state index contributed by atoms with van der Waals surface area (Å²) < 4.78 is 20.3. The fourth-order valence-electron chi connectivity index (χ4n) is 2.72. The third kappa shape index (κ3) is 3.68. The summed E-state index contributed by atoms with van der Waals surface area (Å²) in [5.41, 5.74) is 1.85. The zero-order valence-electron chi connectivity index (χ0n) is 14.0. The first-order valence-electron chi connectivity index (χ1n) is 7.99. The lowest BCUT2D eigenvalue weighted by atomic mass is 9.96. The molecule has 0 saturated carbocycles. The summed E-state index contributed by atoms with van der Waals surface area (Å²) in [6.45, 7) is 4.20. The van der Waals surface area contributed by atoms with Crippen LogP contribution in [0.15, 0.2) is 41.9 Å². The lowest BCUT2D eigenvalue weighted by Crippen LogP contribution is -2.30. The highest BCUT2D eigenvalue weighted by Crippen LogP contribution is 2.35. The van der Waals surface area contributed by atoms with Gasteiger partial charge in [-0.2, -0.15) is 21.8 Å². The number of carbonyl (C=O) groups excluding carboxylic acids is 1. The molecule has 0 unspecified atom stereocenters. The number of fused-ring (bicyclic) bond motifs is 1. The number of thioether (sulfide) groups is 1. The maximum absolute atomic E-state index is 13.3. The molecule has 0 fully saturated rings. The number of halogens is 1. The van der Waals surface area contributed by atoms with Gasteiger partial charge in [-0.1, -0.05) is 19.1 Å². The number of allylic oxidation sites excluding steroid dienone is 1.